The summed E-state index contributed by atoms with van der Waals surface area (Å²) in [5.41, 5.74) is 5.41. The number of hydrogen-bond donors (Lipinski definition) is 3. The quantitative estimate of drug-likeness (QED) is 0.0929. The van der Waals surface area contributed by atoms with Crippen LogP contribution in [0.25, 0.3) is 21.7 Å². The molecular weight excluding hydrogens is 629 g/mol. The molecule has 5 aromatic rings. The minimum atomic E-state index is -1.06. The molecule has 2 atom stereocenters. The fourth-order valence-corrected chi connectivity index (χ4v) is 6.12. The Bertz CT molecular complexity index is 1780. The molecule has 3 N–H and O–H groups in total. The number of rotatable bonds is 16. The number of hydrogen-bond acceptors (Lipinski definition) is 6. The summed E-state index contributed by atoms with van der Waals surface area (Å²) in [7, 11) is 0. The highest BCUT2D eigenvalue weighted by molar-refractivity contribution is 7.13. The molecule has 1 aromatic heterocycles. The van der Waals surface area contributed by atoms with E-state index < -0.39 is 29.7 Å². The first-order valence-corrected chi connectivity index (χ1v) is 17.2. The van der Waals surface area contributed by atoms with Gasteiger partial charge in [0.05, 0.1) is 18.8 Å². The van der Waals surface area contributed by atoms with E-state index in [9.17, 15) is 18.7 Å². The van der Waals surface area contributed by atoms with Gasteiger partial charge in [0, 0.05) is 41.9 Å². The van der Waals surface area contributed by atoms with Crippen molar-refractivity contribution in [3.8, 4) is 27.4 Å². The number of carbonyl (C=O) groups is 1. The number of unbranched alkanes of at least 4 members (excludes halogenated alkanes) is 1. The minimum absolute atomic E-state index is 0.0186. The van der Waals surface area contributed by atoms with E-state index in [0.29, 0.717) is 24.3 Å². The molecule has 9 heteroatoms. The van der Waals surface area contributed by atoms with Crippen LogP contribution in [0.2, 0.25) is 0 Å². The van der Waals surface area contributed by atoms with E-state index in [-0.39, 0.29) is 13.0 Å². The smallest absolute Gasteiger partial charge is 0.251 e. The average Bonchev–Trinajstić information content (AvgIpc) is 3.63. The molecule has 0 spiro atoms. The SMILES string of the molecule is CCCCOc1cccc(-c2cc(C(=O)NC(Cc3cc(F)cc(F)c3)C(O)CNCc3cccc(CC)c3)cc(-c3nccs3)c2)c1. The van der Waals surface area contributed by atoms with E-state index in [0.717, 1.165) is 58.3 Å². The zero-order valence-electron chi connectivity index (χ0n) is 27.2. The first kappa shape index (κ1) is 34.9. The first-order chi connectivity index (χ1) is 23.3. The number of aliphatic hydroxyl groups is 1. The summed E-state index contributed by atoms with van der Waals surface area (Å²) < 4.78 is 34.2. The van der Waals surface area contributed by atoms with Crippen molar-refractivity contribution in [1.29, 1.82) is 0 Å². The number of halogens is 2. The summed E-state index contributed by atoms with van der Waals surface area (Å²) in [5, 5.41) is 20.2. The molecule has 1 amide bonds. The molecule has 0 saturated carbocycles. The predicted molar refractivity (Wildman–Crippen MR) is 188 cm³/mol. The second-order valence-electron chi connectivity index (χ2n) is 11.8. The third-order valence-corrected chi connectivity index (χ3v) is 8.87. The van der Waals surface area contributed by atoms with Crippen molar-refractivity contribution in [2.45, 2.75) is 58.2 Å². The molecule has 0 radical (unpaired) electrons. The predicted octanol–water partition coefficient (Wildman–Crippen LogP) is 7.99. The maximum Gasteiger partial charge on any atom is 0.251 e. The summed E-state index contributed by atoms with van der Waals surface area (Å²) in [4.78, 5) is 18.4. The molecule has 250 valence electrons. The molecule has 0 fully saturated rings. The van der Waals surface area contributed by atoms with Crippen LogP contribution in [-0.4, -0.2) is 41.3 Å². The Hall–Kier alpha value is -4.44. The zero-order valence-corrected chi connectivity index (χ0v) is 28.0. The van der Waals surface area contributed by atoms with Crippen molar-refractivity contribution in [2.75, 3.05) is 13.2 Å². The van der Waals surface area contributed by atoms with Gasteiger partial charge in [-0.1, -0.05) is 56.7 Å². The average molecular weight is 670 g/mol. The first-order valence-electron chi connectivity index (χ1n) is 16.3. The van der Waals surface area contributed by atoms with Crippen LogP contribution in [0.5, 0.6) is 5.75 Å². The summed E-state index contributed by atoms with van der Waals surface area (Å²) in [5.74, 6) is -1.13. The third kappa shape index (κ3) is 9.79. The number of nitrogens with one attached hydrogen (secondary N) is 2. The van der Waals surface area contributed by atoms with Crippen LogP contribution in [0.15, 0.2) is 96.5 Å². The molecule has 0 bridgehead atoms. The summed E-state index contributed by atoms with van der Waals surface area (Å²) in [6, 6.07) is 23.8. The lowest BCUT2D eigenvalue weighted by molar-refractivity contribution is 0.0830. The maximum atomic E-state index is 14.1. The number of carbonyl (C=O) groups excluding carboxylic acids is 1. The monoisotopic (exact) mass is 669 g/mol. The molecule has 1 heterocycles. The Morgan fingerprint density at radius 2 is 1.67 bits per heavy atom. The molecular formula is C39H41F2N3O3S. The highest BCUT2D eigenvalue weighted by Gasteiger charge is 2.24. The van der Waals surface area contributed by atoms with E-state index in [4.69, 9.17) is 4.74 Å². The molecule has 6 nitrogen and oxygen atoms in total. The van der Waals surface area contributed by atoms with Crippen molar-refractivity contribution in [2.24, 2.45) is 0 Å². The second kappa shape index (κ2) is 17.1. The van der Waals surface area contributed by atoms with Crippen molar-refractivity contribution < 1.29 is 23.4 Å². The van der Waals surface area contributed by atoms with Gasteiger partial charge in [-0.25, -0.2) is 13.8 Å². The Balaban J connectivity index is 1.41. The standard InChI is InChI=1S/C39H41F2N3O3S/c1-3-5-13-47-35-11-7-10-29(22-35)30-19-31(21-32(20-30)39-43-12-14-48-39)38(46)44-36(18-28-16-33(40)23-34(41)17-28)37(45)25-42-24-27-9-6-8-26(4-2)15-27/h6-12,14-17,19-23,36-37,42,45H,3-5,13,18,24-25H2,1-2H3,(H,44,46). The van der Waals surface area contributed by atoms with Gasteiger partial charge in [-0.2, -0.15) is 0 Å². The van der Waals surface area contributed by atoms with Gasteiger partial charge in [-0.15, -0.1) is 11.3 Å². The number of nitrogens with zero attached hydrogens (tertiary/aromatic N) is 1. The molecule has 48 heavy (non-hydrogen) atoms. The van der Waals surface area contributed by atoms with Crippen LogP contribution in [0.3, 0.4) is 0 Å². The third-order valence-electron chi connectivity index (χ3n) is 8.05. The van der Waals surface area contributed by atoms with Crippen LogP contribution in [0.1, 0.15) is 53.7 Å². The van der Waals surface area contributed by atoms with Crippen LogP contribution < -0.4 is 15.4 Å². The van der Waals surface area contributed by atoms with Crippen molar-refractivity contribution in [1.82, 2.24) is 15.6 Å². The molecule has 2 unspecified atom stereocenters. The lowest BCUT2D eigenvalue weighted by atomic mass is 9.97. The van der Waals surface area contributed by atoms with Crippen LogP contribution >= 0.6 is 11.3 Å². The fraction of sp³-hybridized carbons (Fsp3) is 0.282. The summed E-state index contributed by atoms with van der Waals surface area (Å²) in [6.07, 6.45) is 3.56. The Labute approximate surface area is 284 Å². The maximum absolute atomic E-state index is 14.1. The van der Waals surface area contributed by atoms with Gasteiger partial charge < -0.3 is 20.5 Å². The van der Waals surface area contributed by atoms with E-state index in [1.165, 1.54) is 29.0 Å². The van der Waals surface area contributed by atoms with E-state index in [2.05, 4.69) is 41.6 Å². The fourth-order valence-electron chi connectivity index (χ4n) is 5.50. The largest absolute Gasteiger partial charge is 0.494 e. The van der Waals surface area contributed by atoms with Crippen molar-refractivity contribution in [3.05, 3.63) is 130 Å². The number of amides is 1. The normalized spacial score (nSPS) is 12.4. The molecule has 0 saturated heterocycles. The van der Waals surface area contributed by atoms with Gasteiger partial charge >= 0.3 is 0 Å². The molecule has 0 aliphatic heterocycles. The van der Waals surface area contributed by atoms with E-state index >= 15 is 0 Å². The molecule has 0 aliphatic rings. The highest BCUT2D eigenvalue weighted by Crippen LogP contribution is 2.31. The number of thiazole rings is 1. The number of benzene rings is 4. The van der Waals surface area contributed by atoms with Gasteiger partial charge in [0.25, 0.3) is 5.91 Å². The molecule has 0 aliphatic carbocycles. The van der Waals surface area contributed by atoms with Crippen molar-refractivity contribution in [3.63, 3.8) is 0 Å². The number of aryl methyl sites for hydroxylation is 1. The topological polar surface area (TPSA) is 83.5 Å². The zero-order chi connectivity index (χ0) is 33.9. The van der Waals surface area contributed by atoms with Gasteiger partial charge in [0.2, 0.25) is 0 Å². The second-order valence-corrected chi connectivity index (χ2v) is 12.7. The number of aliphatic hydroxyl groups excluding tert-OH is 1. The molecule has 5 rings (SSSR count). The molecule has 4 aromatic carbocycles. The Kier molecular flexibility index (Phi) is 12.4. The summed E-state index contributed by atoms with van der Waals surface area (Å²) >= 11 is 1.46. The minimum Gasteiger partial charge on any atom is -0.494 e. The Morgan fingerprint density at radius 1 is 0.896 bits per heavy atom. The van der Waals surface area contributed by atoms with Gasteiger partial charge in [0.1, 0.15) is 22.4 Å². The van der Waals surface area contributed by atoms with Crippen molar-refractivity contribution >= 4 is 17.2 Å². The lowest BCUT2D eigenvalue weighted by Crippen LogP contribution is -2.48. The van der Waals surface area contributed by atoms with Crippen LogP contribution in [0.4, 0.5) is 8.78 Å². The van der Waals surface area contributed by atoms with Gasteiger partial charge in [0.15, 0.2) is 0 Å². The van der Waals surface area contributed by atoms with Gasteiger partial charge in [-0.3, -0.25) is 4.79 Å². The van der Waals surface area contributed by atoms with Crippen LogP contribution in [-0.2, 0) is 19.4 Å². The lowest BCUT2D eigenvalue weighted by Gasteiger charge is -2.25. The Morgan fingerprint density at radius 3 is 2.42 bits per heavy atom. The number of aromatic nitrogens is 1. The van der Waals surface area contributed by atoms with E-state index in [1.807, 2.05) is 47.8 Å². The van der Waals surface area contributed by atoms with Crippen LogP contribution in [0, 0.1) is 11.6 Å². The summed E-state index contributed by atoms with van der Waals surface area (Å²) in [6.45, 7) is 5.48. The highest BCUT2D eigenvalue weighted by atomic mass is 32.1. The van der Waals surface area contributed by atoms with E-state index in [1.54, 1.807) is 18.3 Å². The number of ether oxygens (including phenoxy) is 1. The van der Waals surface area contributed by atoms with Gasteiger partial charge in [-0.05, 0) is 89.5 Å².